The fourth-order valence-corrected chi connectivity index (χ4v) is 2.22. The number of hydrogen-bond acceptors (Lipinski definition) is 3. The van der Waals surface area contributed by atoms with Gasteiger partial charge in [0.2, 0.25) is 11.8 Å². The molecule has 2 amide bonds. The van der Waals surface area contributed by atoms with Crippen LogP contribution in [0.4, 0.5) is 11.4 Å². The Bertz CT molecular complexity index is 544. The van der Waals surface area contributed by atoms with Crippen LogP contribution in [0.2, 0.25) is 5.02 Å². The first-order chi connectivity index (χ1) is 9.99. The van der Waals surface area contributed by atoms with E-state index >= 15 is 0 Å². The number of rotatable bonds is 6. The summed E-state index contributed by atoms with van der Waals surface area (Å²) in [4.78, 5) is 23.3. The molecule has 5 nitrogen and oxygen atoms in total. The van der Waals surface area contributed by atoms with E-state index in [0.29, 0.717) is 28.7 Å². The molecule has 4 N–H and O–H groups in total. The number of anilines is 2. The molecule has 0 aliphatic heterocycles. The van der Waals surface area contributed by atoms with E-state index in [1.54, 1.807) is 25.1 Å². The van der Waals surface area contributed by atoms with E-state index in [1.807, 2.05) is 0 Å². The largest absolute Gasteiger partial charge is 0.327 e. The first-order valence-corrected chi connectivity index (χ1v) is 7.52. The van der Waals surface area contributed by atoms with E-state index in [0.717, 1.165) is 12.8 Å². The highest BCUT2D eigenvalue weighted by Crippen LogP contribution is 2.33. The minimum Gasteiger partial charge on any atom is -0.327 e. The van der Waals surface area contributed by atoms with Crippen molar-refractivity contribution in [3.05, 3.63) is 23.2 Å². The van der Waals surface area contributed by atoms with Gasteiger partial charge in [0.25, 0.3) is 0 Å². The van der Waals surface area contributed by atoms with Gasteiger partial charge in [0, 0.05) is 24.6 Å². The summed E-state index contributed by atoms with van der Waals surface area (Å²) in [7, 11) is 0. The summed E-state index contributed by atoms with van der Waals surface area (Å²) in [5.74, 6) is 0.224. The minimum atomic E-state index is -0.157. The van der Waals surface area contributed by atoms with E-state index in [9.17, 15) is 9.59 Å². The Morgan fingerprint density at radius 1 is 1.33 bits per heavy atom. The topological polar surface area (TPSA) is 84.2 Å². The van der Waals surface area contributed by atoms with E-state index in [1.165, 1.54) is 0 Å². The molecule has 0 aromatic heterocycles. The highest BCUT2D eigenvalue weighted by atomic mass is 35.5. The van der Waals surface area contributed by atoms with Crippen LogP contribution in [0.5, 0.6) is 0 Å². The fourth-order valence-electron chi connectivity index (χ4n) is 2.05. The van der Waals surface area contributed by atoms with Crippen LogP contribution in [0.15, 0.2) is 18.2 Å². The highest BCUT2D eigenvalue weighted by Gasteiger charge is 2.29. The maximum absolute atomic E-state index is 12.0. The number of nitrogens with two attached hydrogens (primary N) is 1. The summed E-state index contributed by atoms with van der Waals surface area (Å²) >= 11 is 6.06. The molecule has 1 atom stereocenters. The van der Waals surface area contributed by atoms with Gasteiger partial charge in [0.15, 0.2) is 0 Å². The first kappa shape index (κ1) is 15.8. The van der Waals surface area contributed by atoms with Crippen molar-refractivity contribution in [2.75, 3.05) is 10.6 Å². The molecule has 1 aromatic carbocycles. The van der Waals surface area contributed by atoms with E-state index in [-0.39, 0.29) is 24.3 Å². The second kappa shape index (κ2) is 6.91. The van der Waals surface area contributed by atoms with E-state index in [4.69, 9.17) is 17.3 Å². The van der Waals surface area contributed by atoms with Crippen LogP contribution in [0.25, 0.3) is 0 Å². The second-order valence-corrected chi connectivity index (χ2v) is 5.76. The number of carbonyl (C=O) groups is 2. The van der Waals surface area contributed by atoms with E-state index in [2.05, 4.69) is 10.6 Å². The molecule has 1 aliphatic carbocycles. The standard InChI is InChI=1S/C15H20ClN3O2/c1-2-14(20)18-10-5-6-11(16)13(7-10)19-15(21)8-12(17)9-3-4-9/h5-7,9,12H,2-4,8,17H2,1H3,(H,18,20)(H,19,21). The van der Waals surface area contributed by atoms with E-state index < -0.39 is 0 Å². The third kappa shape index (κ3) is 4.72. The van der Waals surface area contributed by atoms with Crippen molar-refractivity contribution in [1.29, 1.82) is 0 Å². The molecule has 0 spiro atoms. The number of carbonyl (C=O) groups excluding carboxylic acids is 2. The first-order valence-electron chi connectivity index (χ1n) is 7.14. The predicted octanol–water partition coefficient (Wildman–Crippen LogP) is 2.75. The average molecular weight is 310 g/mol. The SMILES string of the molecule is CCC(=O)Nc1ccc(Cl)c(NC(=O)CC(N)C2CC2)c1. The quantitative estimate of drug-likeness (QED) is 0.755. The van der Waals surface area contributed by atoms with Gasteiger partial charge in [-0.05, 0) is 37.0 Å². The molecule has 2 rings (SSSR count). The Morgan fingerprint density at radius 2 is 2.05 bits per heavy atom. The molecule has 0 bridgehead atoms. The monoisotopic (exact) mass is 309 g/mol. The lowest BCUT2D eigenvalue weighted by molar-refractivity contribution is -0.117. The lowest BCUT2D eigenvalue weighted by Crippen LogP contribution is -2.28. The zero-order valence-electron chi connectivity index (χ0n) is 12.0. The molecule has 6 heteroatoms. The van der Waals surface area contributed by atoms with Gasteiger partial charge in [-0.1, -0.05) is 18.5 Å². The molecule has 114 valence electrons. The van der Waals surface area contributed by atoms with Gasteiger partial charge in [-0.3, -0.25) is 9.59 Å². The smallest absolute Gasteiger partial charge is 0.225 e. The molecule has 1 saturated carbocycles. The predicted molar refractivity (Wildman–Crippen MR) is 84.3 cm³/mol. The Morgan fingerprint density at radius 3 is 2.67 bits per heavy atom. The van der Waals surface area contributed by atoms with Crippen molar-refractivity contribution < 1.29 is 9.59 Å². The van der Waals surface area contributed by atoms with Gasteiger partial charge in [-0.15, -0.1) is 0 Å². The van der Waals surface area contributed by atoms with Gasteiger partial charge in [-0.25, -0.2) is 0 Å². The van der Waals surface area contributed by atoms with Gasteiger partial charge in [-0.2, -0.15) is 0 Å². The zero-order chi connectivity index (χ0) is 15.4. The number of benzene rings is 1. The van der Waals surface area contributed by atoms with Crippen molar-refractivity contribution >= 4 is 34.8 Å². The van der Waals surface area contributed by atoms with Crippen LogP contribution >= 0.6 is 11.6 Å². The maximum Gasteiger partial charge on any atom is 0.225 e. The molecule has 1 aromatic rings. The van der Waals surface area contributed by atoms with Crippen LogP contribution in [-0.4, -0.2) is 17.9 Å². The lowest BCUT2D eigenvalue weighted by Gasteiger charge is -2.13. The van der Waals surface area contributed by atoms with Gasteiger partial charge in [0.1, 0.15) is 0 Å². The van der Waals surface area contributed by atoms with Crippen molar-refractivity contribution in [2.24, 2.45) is 11.7 Å². The molecule has 1 fully saturated rings. The van der Waals surface area contributed by atoms with Crippen LogP contribution in [0.3, 0.4) is 0 Å². The summed E-state index contributed by atoms with van der Waals surface area (Å²) < 4.78 is 0. The van der Waals surface area contributed by atoms with Crippen LogP contribution in [0, 0.1) is 5.92 Å². The minimum absolute atomic E-state index is 0.0910. The second-order valence-electron chi connectivity index (χ2n) is 5.35. The zero-order valence-corrected chi connectivity index (χ0v) is 12.7. The van der Waals surface area contributed by atoms with Crippen molar-refractivity contribution in [1.82, 2.24) is 0 Å². The molecule has 1 unspecified atom stereocenters. The van der Waals surface area contributed by atoms with Gasteiger partial charge >= 0.3 is 0 Å². The van der Waals surface area contributed by atoms with Crippen molar-refractivity contribution in [2.45, 2.75) is 38.6 Å². The Hall–Kier alpha value is -1.59. The lowest BCUT2D eigenvalue weighted by atomic mass is 10.1. The summed E-state index contributed by atoms with van der Waals surface area (Å²) in [6.45, 7) is 1.77. The van der Waals surface area contributed by atoms with Crippen molar-refractivity contribution in [3.63, 3.8) is 0 Å². The van der Waals surface area contributed by atoms with Crippen molar-refractivity contribution in [3.8, 4) is 0 Å². The third-order valence-corrected chi connectivity index (χ3v) is 3.82. The van der Waals surface area contributed by atoms with Gasteiger partial charge < -0.3 is 16.4 Å². The van der Waals surface area contributed by atoms with Gasteiger partial charge in [0.05, 0.1) is 10.7 Å². The molecule has 21 heavy (non-hydrogen) atoms. The number of halogens is 1. The Balaban J connectivity index is 1.98. The third-order valence-electron chi connectivity index (χ3n) is 3.49. The fraction of sp³-hybridized carbons (Fsp3) is 0.467. The number of nitrogens with one attached hydrogen (secondary N) is 2. The molecular formula is C15H20ClN3O2. The number of hydrogen-bond donors (Lipinski definition) is 3. The number of amides is 2. The molecule has 0 heterocycles. The maximum atomic E-state index is 12.0. The summed E-state index contributed by atoms with van der Waals surface area (Å²) in [5.41, 5.74) is 7.02. The Kier molecular flexibility index (Phi) is 5.20. The highest BCUT2D eigenvalue weighted by molar-refractivity contribution is 6.33. The molecule has 1 aliphatic rings. The summed E-state index contributed by atoms with van der Waals surface area (Å²) in [6, 6.07) is 4.90. The normalized spacial score (nSPS) is 15.4. The van der Waals surface area contributed by atoms with Crippen LogP contribution in [-0.2, 0) is 9.59 Å². The Labute approximate surface area is 129 Å². The average Bonchev–Trinajstić information content (AvgIpc) is 3.26. The molecular weight excluding hydrogens is 290 g/mol. The molecule has 0 radical (unpaired) electrons. The summed E-state index contributed by atoms with van der Waals surface area (Å²) in [6.07, 6.45) is 2.88. The molecule has 0 saturated heterocycles. The van der Waals surface area contributed by atoms with Crippen LogP contribution in [0.1, 0.15) is 32.6 Å². The summed E-state index contributed by atoms with van der Waals surface area (Å²) in [5, 5.41) is 5.91. The van der Waals surface area contributed by atoms with Crippen LogP contribution < -0.4 is 16.4 Å².